The van der Waals surface area contributed by atoms with Crippen molar-refractivity contribution < 1.29 is 29.0 Å². The predicted molar refractivity (Wildman–Crippen MR) is 72.2 cm³/mol. The van der Waals surface area contributed by atoms with Gasteiger partial charge in [-0.15, -0.1) is 0 Å². The van der Waals surface area contributed by atoms with Crippen molar-refractivity contribution in [1.82, 2.24) is 10.2 Å². The van der Waals surface area contributed by atoms with E-state index in [1.54, 1.807) is 13.8 Å². The van der Waals surface area contributed by atoms with E-state index in [1.165, 1.54) is 7.11 Å². The smallest absolute Gasteiger partial charge is 0.326 e. The zero-order chi connectivity index (χ0) is 16.6. The Hall–Kier alpha value is -2.32. The Morgan fingerprint density at radius 3 is 2.24 bits per heavy atom. The summed E-state index contributed by atoms with van der Waals surface area (Å²) in [6, 6.07) is -2.33. The molecule has 0 heterocycles. The number of hydrogen-bond donors (Lipinski definition) is 3. The van der Waals surface area contributed by atoms with E-state index in [2.05, 4.69) is 10.1 Å². The first-order valence-corrected chi connectivity index (χ1v) is 6.34. The molecule has 0 fully saturated rings. The molecule has 0 saturated heterocycles. The first-order chi connectivity index (χ1) is 9.68. The standard InChI is InChI=1S/C12H21N3O6/c1-7(2)15(6-9(13)16)12(20)14-8(11(18)19)4-5-10(17)21-3/h7-8H,4-6H2,1-3H3,(H2,13,16)(H,14,20)(H,18,19)/t8-/m1/s1. The number of nitrogens with one attached hydrogen (secondary N) is 1. The van der Waals surface area contributed by atoms with Crippen LogP contribution in [0, 0.1) is 0 Å². The largest absolute Gasteiger partial charge is 0.480 e. The second-order valence-corrected chi connectivity index (χ2v) is 4.64. The number of ether oxygens (including phenoxy) is 1. The molecule has 0 aromatic carbocycles. The van der Waals surface area contributed by atoms with E-state index in [1.807, 2.05) is 0 Å². The molecular formula is C12H21N3O6. The molecule has 0 aliphatic heterocycles. The summed E-state index contributed by atoms with van der Waals surface area (Å²) in [7, 11) is 1.18. The molecule has 4 N–H and O–H groups in total. The minimum absolute atomic E-state index is 0.115. The average molecular weight is 303 g/mol. The number of carbonyl (C=O) groups is 4. The van der Waals surface area contributed by atoms with Crippen molar-refractivity contribution in [3.8, 4) is 0 Å². The van der Waals surface area contributed by atoms with Gasteiger partial charge < -0.3 is 25.8 Å². The Morgan fingerprint density at radius 1 is 1.29 bits per heavy atom. The number of amides is 3. The van der Waals surface area contributed by atoms with Crippen LogP contribution in [0.1, 0.15) is 26.7 Å². The summed E-state index contributed by atoms with van der Waals surface area (Å²) in [4.78, 5) is 46.1. The second-order valence-electron chi connectivity index (χ2n) is 4.64. The van der Waals surface area contributed by atoms with Crippen LogP contribution >= 0.6 is 0 Å². The number of rotatable bonds is 8. The van der Waals surface area contributed by atoms with Gasteiger partial charge in [0.15, 0.2) is 0 Å². The number of methoxy groups -OCH3 is 1. The predicted octanol–water partition coefficient (Wildman–Crippen LogP) is -0.702. The number of carboxylic acid groups (broad SMARTS) is 1. The molecule has 0 aliphatic carbocycles. The van der Waals surface area contributed by atoms with Crippen molar-refractivity contribution in [3.05, 3.63) is 0 Å². The van der Waals surface area contributed by atoms with Crippen LogP contribution in [0.5, 0.6) is 0 Å². The van der Waals surface area contributed by atoms with Crippen molar-refractivity contribution >= 4 is 23.9 Å². The van der Waals surface area contributed by atoms with Crippen LogP contribution in [0.25, 0.3) is 0 Å². The van der Waals surface area contributed by atoms with Crippen molar-refractivity contribution in [2.24, 2.45) is 5.73 Å². The fourth-order valence-electron chi connectivity index (χ4n) is 1.51. The lowest BCUT2D eigenvalue weighted by atomic mass is 10.1. The monoisotopic (exact) mass is 303 g/mol. The lowest BCUT2D eigenvalue weighted by Crippen LogP contribution is -2.52. The van der Waals surface area contributed by atoms with Crippen LogP contribution in [0.15, 0.2) is 0 Å². The SMILES string of the molecule is COC(=O)CC[C@@H](NC(=O)N(CC(N)=O)C(C)C)C(=O)O. The molecular weight excluding hydrogens is 282 g/mol. The van der Waals surface area contributed by atoms with Gasteiger partial charge in [0.2, 0.25) is 5.91 Å². The van der Waals surface area contributed by atoms with Gasteiger partial charge >= 0.3 is 18.0 Å². The zero-order valence-corrected chi connectivity index (χ0v) is 12.3. The Morgan fingerprint density at radius 2 is 1.86 bits per heavy atom. The van der Waals surface area contributed by atoms with Crippen molar-refractivity contribution in [2.75, 3.05) is 13.7 Å². The van der Waals surface area contributed by atoms with E-state index < -0.39 is 29.9 Å². The third-order valence-corrected chi connectivity index (χ3v) is 2.67. The number of urea groups is 1. The molecule has 0 spiro atoms. The number of nitrogens with zero attached hydrogens (tertiary/aromatic N) is 1. The summed E-state index contributed by atoms with van der Waals surface area (Å²) < 4.78 is 4.41. The summed E-state index contributed by atoms with van der Waals surface area (Å²) in [5, 5.41) is 11.3. The van der Waals surface area contributed by atoms with Crippen LogP contribution < -0.4 is 11.1 Å². The minimum Gasteiger partial charge on any atom is -0.480 e. The van der Waals surface area contributed by atoms with E-state index in [9.17, 15) is 19.2 Å². The highest BCUT2D eigenvalue weighted by molar-refractivity contribution is 5.86. The van der Waals surface area contributed by atoms with Gasteiger partial charge in [0.25, 0.3) is 0 Å². The van der Waals surface area contributed by atoms with E-state index in [0.29, 0.717) is 0 Å². The molecule has 0 aromatic rings. The maximum atomic E-state index is 12.0. The molecule has 0 bridgehead atoms. The molecule has 0 unspecified atom stereocenters. The normalized spacial score (nSPS) is 11.6. The van der Waals surface area contributed by atoms with E-state index >= 15 is 0 Å². The van der Waals surface area contributed by atoms with Gasteiger partial charge in [0.05, 0.1) is 7.11 Å². The van der Waals surface area contributed by atoms with Crippen LogP contribution in [0.4, 0.5) is 4.79 Å². The summed E-state index contributed by atoms with van der Waals surface area (Å²) in [5.41, 5.74) is 5.04. The first kappa shape index (κ1) is 18.7. The fourth-order valence-corrected chi connectivity index (χ4v) is 1.51. The van der Waals surface area contributed by atoms with E-state index in [-0.39, 0.29) is 25.4 Å². The maximum Gasteiger partial charge on any atom is 0.326 e. The van der Waals surface area contributed by atoms with Gasteiger partial charge in [-0.2, -0.15) is 0 Å². The average Bonchev–Trinajstić information content (AvgIpc) is 2.38. The molecule has 0 radical (unpaired) electrons. The van der Waals surface area contributed by atoms with Gasteiger partial charge in [0, 0.05) is 12.5 Å². The summed E-state index contributed by atoms with van der Waals surface area (Å²) in [6.45, 7) is 2.99. The molecule has 0 saturated carbocycles. The molecule has 3 amide bonds. The summed E-state index contributed by atoms with van der Waals surface area (Å²) in [5.74, 6) is -2.57. The Labute approximate surface area is 122 Å². The van der Waals surface area contributed by atoms with Crippen molar-refractivity contribution in [2.45, 2.75) is 38.8 Å². The van der Waals surface area contributed by atoms with Gasteiger partial charge in [-0.25, -0.2) is 9.59 Å². The number of carboxylic acids is 1. The maximum absolute atomic E-state index is 12.0. The second kappa shape index (κ2) is 8.77. The number of esters is 1. The number of carbonyl (C=O) groups excluding carboxylic acids is 3. The zero-order valence-electron chi connectivity index (χ0n) is 12.3. The van der Waals surface area contributed by atoms with Crippen LogP contribution in [0.2, 0.25) is 0 Å². The van der Waals surface area contributed by atoms with Crippen LogP contribution in [0.3, 0.4) is 0 Å². The van der Waals surface area contributed by atoms with Gasteiger partial charge in [0.1, 0.15) is 12.6 Å². The highest BCUT2D eigenvalue weighted by Crippen LogP contribution is 2.03. The lowest BCUT2D eigenvalue weighted by molar-refractivity contribution is -0.142. The van der Waals surface area contributed by atoms with E-state index in [0.717, 1.165) is 4.90 Å². The number of aliphatic carboxylic acids is 1. The van der Waals surface area contributed by atoms with Gasteiger partial charge in [-0.1, -0.05) is 0 Å². The van der Waals surface area contributed by atoms with Crippen molar-refractivity contribution in [3.63, 3.8) is 0 Å². The topological polar surface area (TPSA) is 139 Å². The Kier molecular flexibility index (Phi) is 7.80. The Balaban J connectivity index is 4.74. The quantitative estimate of drug-likeness (QED) is 0.507. The molecule has 21 heavy (non-hydrogen) atoms. The fraction of sp³-hybridized carbons (Fsp3) is 0.667. The molecule has 0 aromatic heterocycles. The first-order valence-electron chi connectivity index (χ1n) is 6.34. The highest BCUT2D eigenvalue weighted by atomic mass is 16.5. The number of primary amides is 1. The highest BCUT2D eigenvalue weighted by Gasteiger charge is 2.26. The van der Waals surface area contributed by atoms with E-state index in [4.69, 9.17) is 10.8 Å². The minimum atomic E-state index is -1.28. The molecule has 9 nitrogen and oxygen atoms in total. The molecule has 1 atom stereocenters. The number of hydrogen-bond acceptors (Lipinski definition) is 5. The molecule has 9 heteroatoms. The Bertz CT molecular complexity index is 410. The molecule has 0 aliphatic rings. The van der Waals surface area contributed by atoms with Gasteiger partial charge in [-0.3, -0.25) is 9.59 Å². The summed E-state index contributed by atoms with van der Waals surface area (Å²) >= 11 is 0. The van der Waals surface area contributed by atoms with Crippen LogP contribution in [-0.2, 0) is 19.1 Å². The van der Waals surface area contributed by atoms with Gasteiger partial charge in [-0.05, 0) is 20.3 Å². The molecule has 0 rings (SSSR count). The number of nitrogens with two attached hydrogens (primary N) is 1. The van der Waals surface area contributed by atoms with Crippen LogP contribution in [-0.4, -0.2) is 59.6 Å². The third kappa shape index (κ3) is 7.14. The third-order valence-electron chi connectivity index (χ3n) is 2.67. The lowest BCUT2D eigenvalue weighted by Gasteiger charge is -2.27. The molecule has 120 valence electrons. The summed E-state index contributed by atoms with van der Waals surface area (Å²) in [6.07, 6.45) is -0.262. The van der Waals surface area contributed by atoms with Crippen molar-refractivity contribution in [1.29, 1.82) is 0 Å².